The Kier molecular flexibility index (Phi) is 2.42. The quantitative estimate of drug-likeness (QED) is 0.482. The Balaban J connectivity index is 3.95. The average molecular weight is 202 g/mol. The molecule has 0 aliphatic carbocycles. The summed E-state index contributed by atoms with van der Waals surface area (Å²) in [5.41, 5.74) is 0. The molecule has 0 saturated carbocycles. The molecule has 0 unspecified atom stereocenters. The molecule has 0 heterocycles. The number of carbonyl (C=O) groups is 1. The van der Waals surface area contributed by atoms with Gasteiger partial charge in [-0.2, -0.15) is 0 Å². The van der Waals surface area contributed by atoms with Gasteiger partial charge < -0.3 is 0 Å². The molecular weight excluding hydrogens is 198 g/mol. The van der Waals surface area contributed by atoms with E-state index in [0.29, 0.717) is 0 Å². The molecular formula is C2H4BrNO3S. The van der Waals surface area contributed by atoms with E-state index in [0.717, 1.165) is 6.26 Å². The molecule has 1 amide bonds. The number of carbonyl (C=O) groups excluding carboxylic acids is 1. The molecule has 8 heavy (non-hydrogen) atoms. The smallest absolute Gasteiger partial charge is 0.260 e. The predicted molar refractivity (Wildman–Crippen MR) is 32.3 cm³/mol. The lowest BCUT2D eigenvalue weighted by molar-refractivity contribution is 0.265. The highest BCUT2D eigenvalue weighted by atomic mass is 79.9. The van der Waals surface area contributed by atoms with Crippen molar-refractivity contribution in [2.45, 2.75) is 0 Å². The lowest BCUT2D eigenvalue weighted by Crippen LogP contribution is -2.23. The van der Waals surface area contributed by atoms with Gasteiger partial charge in [0.05, 0.1) is 6.26 Å². The van der Waals surface area contributed by atoms with Crippen LogP contribution in [0.5, 0.6) is 0 Å². The zero-order chi connectivity index (χ0) is 6.78. The molecule has 0 aromatic carbocycles. The van der Waals surface area contributed by atoms with Crippen molar-refractivity contribution < 1.29 is 13.2 Å². The Morgan fingerprint density at radius 1 is 1.62 bits per heavy atom. The fourth-order valence-corrected chi connectivity index (χ4v) is 1.32. The molecule has 0 rings (SSSR count). The van der Waals surface area contributed by atoms with E-state index in [9.17, 15) is 13.2 Å². The van der Waals surface area contributed by atoms with Crippen LogP contribution in [0.3, 0.4) is 0 Å². The Labute approximate surface area is 55.4 Å². The van der Waals surface area contributed by atoms with E-state index in [2.05, 4.69) is 15.9 Å². The van der Waals surface area contributed by atoms with Gasteiger partial charge in [0.15, 0.2) is 0 Å². The fraction of sp³-hybridized carbons (Fsp3) is 0.500. The van der Waals surface area contributed by atoms with Gasteiger partial charge >= 0.3 is 4.82 Å². The first-order chi connectivity index (χ1) is 3.42. The SMILES string of the molecule is CS(=O)(=O)NC(=O)Br. The Bertz CT molecular complexity index is 183. The van der Waals surface area contributed by atoms with Gasteiger partial charge in [-0.05, 0) is 0 Å². The zero-order valence-corrected chi connectivity index (χ0v) is 6.41. The molecule has 1 N–H and O–H groups in total. The minimum absolute atomic E-state index is 0.750. The Morgan fingerprint density at radius 3 is 2.00 bits per heavy atom. The van der Waals surface area contributed by atoms with Crippen molar-refractivity contribution in [2.75, 3.05) is 6.26 Å². The highest BCUT2D eigenvalue weighted by molar-refractivity contribution is 9.18. The van der Waals surface area contributed by atoms with E-state index in [4.69, 9.17) is 0 Å². The Hall–Kier alpha value is -0.100. The normalized spacial score (nSPS) is 10.8. The van der Waals surface area contributed by atoms with Crippen molar-refractivity contribution >= 4 is 30.8 Å². The van der Waals surface area contributed by atoms with E-state index < -0.39 is 14.8 Å². The van der Waals surface area contributed by atoms with Crippen LogP contribution >= 0.6 is 15.9 Å². The van der Waals surface area contributed by atoms with Crippen LogP contribution in [0.4, 0.5) is 4.79 Å². The number of hydrogen-bond donors (Lipinski definition) is 1. The van der Waals surface area contributed by atoms with Gasteiger partial charge in [-0.1, -0.05) is 0 Å². The second-order valence-corrected chi connectivity index (χ2v) is 3.62. The molecule has 0 spiro atoms. The van der Waals surface area contributed by atoms with Crippen LogP contribution in [0.25, 0.3) is 0 Å². The molecule has 0 aliphatic rings. The third kappa shape index (κ3) is 5.90. The Morgan fingerprint density at radius 2 is 2.00 bits per heavy atom. The van der Waals surface area contributed by atoms with Crippen LogP contribution in [-0.2, 0) is 10.0 Å². The number of rotatable bonds is 1. The maximum atomic E-state index is 10.1. The summed E-state index contributed by atoms with van der Waals surface area (Å²) >= 11 is 2.38. The number of nitrogens with one attached hydrogen (secondary N) is 1. The van der Waals surface area contributed by atoms with Crippen molar-refractivity contribution in [3.05, 3.63) is 0 Å². The standard InChI is InChI=1S/C2H4BrNO3S/c1-8(6,7)4-2(3)5/h1H3,(H,4,5). The molecule has 0 saturated heterocycles. The summed E-state index contributed by atoms with van der Waals surface area (Å²) in [5.74, 6) is 0. The summed E-state index contributed by atoms with van der Waals surface area (Å²) in [6.07, 6.45) is 0.895. The second-order valence-electron chi connectivity index (χ2n) is 1.15. The number of halogens is 1. The van der Waals surface area contributed by atoms with Gasteiger partial charge in [0.1, 0.15) is 0 Å². The second kappa shape index (κ2) is 2.45. The molecule has 0 atom stereocenters. The number of amides is 1. The summed E-state index contributed by atoms with van der Waals surface area (Å²) in [5, 5.41) is 0. The van der Waals surface area contributed by atoms with Crippen LogP contribution in [-0.4, -0.2) is 19.5 Å². The van der Waals surface area contributed by atoms with Gasteiger partial charge in [0, 0.05) is 15.9 Å². The van der Waals surface area contributed by atoms with E-state index in [1.54, 1.807) is 4.72 Å². The minimum atomic E-state index is -3.37. The first-order valence-corrected chi connectivity index (χ1v) is 4.27. The molecule has 0 aliphatic heterocycles. The third-order valence-electron chi connectivity index (χ3n) is 0.266. The predicted octanol–water partition coefficient (Wildman–Crippen LogP) is 0.0505. The van der Waals surface area contributed by atoms with Crippen molar-refractivity contribution in [2.24, 2.45) is 0 Å². The van der Waals surface area contributed by atoms with Gasteiger partial charge in [-0.15, -0.1) is 0 Å². The highest BCUT2D eigenvalue weighted by Crippen LogP contribution is 1.83. The third-order valence-corrected chi connectivity index (χ3v) is 1.28. The topological polar surface area (TPSA) is 63.2 Å². The van der Waals surface area contributed by atoms with Gasteiger partial charge in [-0.3, -0.25) is 4.79 Å². The maximum Gasteiger partial charge on any atom is 0.300 e. The lowest BCUT2D eigenvalue weighted by Gasteiger charge is -1.91. The first-order valence-electron chi connectivity index (χ1n) is 1.59. The van der Waals surface area contributed by atoms with E-state index in [1.807, 2.05) is 0 Å². The van der Waals surface area contributed by atoms with E-state index >= 15 is 0 Å². The molecule has 6 heteroatoms. The molecule has 0 bridgehead atoms. The van der Waals surface area contributed by atoms with Crippen LogP contribution in [0, 0.1) is 0 Å². The van der Waals surface area contributed by atoms with Gasteiger partial charge in [0.2, 0.25) is 10.0 Å². The molecule has 4 nitrogen and oxygen atoms in total. The molecule has 0 radical (unpaired) electrons. The van der Waals surface area contributed by atoms with Crippen LogP contribution < -0.4 is 4.72 Å². The summed E-state index contributed by atoms with van der Waals surface area (Å²) in [7, 11) is -3.37. The minimum Gasteiger partial charge on any atom is -0.260 e. The summed E-state index contributed by atoms with van der Waals surface area (Å²) in [6, 6.07) is 0. The lowest BCUT2D eigenvalue weighted by atomic mass is 11.5. The molecule has 0 fully saturated rings. The van der Waals surface area contributed by atoms with Crippen molar-refractivity contribution in [3.8, 4) is 0 Å². The number of sulfonamides is 1. The van der Waals surface area contributed by atoms with E-state index in [-0.39, 0.29) is 0 Å². The number of hydrogen-bond acceptors (Lipinski definition) is 3. The first kappa shape index (κ1) is 7.90. The van der Waals surface area contributed by atoms with Crippen molar-refractivity contribution in [1.82, 2.24) is 4.72 Å². The van der Waals surface area contributed by atoms with E-state index in [1.165, 1.54) is 0 Å². The summed E-state index contributed by atoms with van der Waals surface area (Å²) in [4.78, 5) is 9.14. The highest BCUT2D eigenvalue weighted by Gasteiger charge is 2.01. The summed E-state index contributed by atoms with van der Waals surface area (Å²) < 4.78 is 21.8. The van der Waals surface area contributed by atoms with Gasteiger partial charge in [0.25, 0.3) is 0 Å². The monoisotopic (exact) mass is 201 g/mol. The van der Waals surface area contributed by atoms with Crippen LogP contribution in [0.2, 0.25) is 0 Å². The zero-order valence-electron chi connectivity index (χ0n) is 4.01. The molecule has 48 valence electrons. The molecule has 0 aromatic heterocycles. The molecule has 0 aromatic rings. The van der Waals surface area contributed by atoms with Crippen LogP contribution in [0.15, 0.2) is 0 Å². The van der Waals surface area contributed by atoms with Crippen LogP contribution in [0.1, 0.15) is 0 Å². The van der Waals surface area contributed by atoms with Crippen molar-refractivity contribution in [3.63, 3.8) is 0 Å². The summed E-state index contributed by atoms with van der Waals surface area (Å²) in [6.45, 7) is 0. The van der Waals surface area contributed by atoms with Crippen molar-refractivity contribution in [1.29, 1.82) is 0 Å². The fourth-order valence-electron chi connectivity index (χ4n) is 0.146. The largest absolute Gasteiger partial charge is 0.300 e. The average Bonchev–Trinajstić information content (AvgIpc) is 1.21. The maximum absolute atomic E-state index is 10.1. The van der Waals surface area contributed by atoms with Gasteiger partial charge in [-0.25, -0.2) is 13.1 Å².